The minimum absolute atomic E-state index is 0.0244. The first kappa shape index (κ1) is 14.4. The van der Waals surface area contributed by atoms with Gasteiger partial charge in [0.05, 0.1) is 5.56 Å². The number of rotatable bonds is 5. The van der Waals surface area contributed by atoms with Crippen LogP contribution in [-0.2, 0) is 6.42 Å². The van der Waals surface area contributed by atoms with Gasteiger partial charge in [-0.3, -0.25) is 4.79 Å². The molecule has 2 rings (SSSR count). The number of thiophene rings is 1. The van der Waals surface area contributed by atoms with Gasteiger partial charge in [0, 0.05) is 36.9 Å². The Morgan fingerprint density at radius 1 is 1.35 bits per heavy atom. The minimum atomic E-state index is -0.0244. The monoisotopic (exact) mass is 289 g/mol. The standard InChI is InChI=1S/C15H19N3OS/c1-18(2)15(19)13-6-5-11(16)10-14(13)17-8-7-12-4-3-9-20-12/h3-6,9-10,17H,7-8,16H2,1-2H3. The second-order valence-corrected chi connectivity index (χ2v) is 5.79. The van der Waals surface area contributed by atoms with Crippen LogP contribution in [0.15, 0.2) is 35.7 Å². The van der Waals surface area contributed by atoms with Gasteiger partial charge in [0.1, 0.15) is 0 Å². The molecular formula is C15H19N3OS. The molecule has 0 fully saturated rings. The topological polar surface area (TPSA) is 58.4 Å². The van der Waals surface area contributed by atoms with Gasteiger partial charge in [0.15, 0.2) is 0 Å². The predicted octanol–water partition coefficient (Wildman–Crippen LogP) is 2.69. The van der Waals surface area contributed by atoms with Crippen LogP contribution in [0.3, 0.4) is 0 Å². The van der Waals surface area contributed by atoms with Gasteiger partial charge in [0.2, 0.25) is 0 Å². The molecule has 3 N–H and O–H groups in total. The van der Waals surface area contributed by atoms with Crippen molar-refractivity contribution in [3.63, 3.8) is 0 Å². The summed E-state index contributed by atoms with van der Waals surface area (Å²) in [6.07, 6.45) is 0.933. The number of benzene rings is 1. The Morgan fingerprint density at radius 2 is 2.15 bits per heavy atom. The van der Waals surface area contributed by atoms with Gasteiger partial charge in [-0.2, -0.15) is 0 Å². The molecule has 0 radical (unpaired) electrons. The van der Waals surface area contributed by atoms with E-state index in [0.717, 1.165) is 18.7 Å². The molecule has 0 aliphatic carbocycles. The zero-order valence-corrected chi connectivity index (χ0v) is 12.5. The fraction of sp³-hybridized carbons (Fsp3) is 0.267. The number of nitrogen functional groups attached to an aromatic ring is 1. The summed E-state index contributed by atoms with van der Waals surface area (Å²) in [4.78, 5) is 15.0. The quantitative estimate of drug-likeness (QED) is 0.832. The maximum absolute atomic E-state index is 12.1. The molecule has 0 aliphatic heterocycles. The van der Waals surface area contributed by atoms with Crippen molar-refractivity contribution in [2.24, 2.45) is 0 Å². The van der Waals surface area contributed by atoms with Crippen molar-refractivity contribution >= 4 is 28.6 Å². The Labute approximate surface area is 123 Å². The summed E-state index contributed by atoms with van der Waals surface area (Å²) >= 11 is 1.74. The second-order valence-electron chi connectivity index (χ2n) is 4.76. The van der Waals surface area contributed by atoms with Crippen LogP contribution in [0, 0.1) is 0 Å². The highest BCUT2D eigenvalue weighted by molar-refractivity contribution is 7.09. The van der Waals surface area contributed by atoms with Gasteiger partial charge in [-0.05, 0) is 36.1 Å². The van der Waals surface area contributed by atoms with Crippen molar-refractivity contribution in [1.29, 1.82) is 0 Å². The number of carbonyl (C=O) groups excluding carboxylic acids is 1. The van der Waals surface area contributed by atoms with Gasteiger partial charge >= 0.3 is 0 Å². The normalized spacial score (nSPS) is 10.3. The molecule has 2 aromatic rings. The second kappa shape index (κ2) is 6.43. The summed E-state index contributed by atoms with van der Waals surface area (Å²) in [5.41, 5.74) is 7.90. The van der Waals surface area contributed by atoms with Gasteiger partial charge in [-0.25, -0.2) is 0 Å². The zero-order valence-electron chi connectivity index (χ0n) is 11.7. The Kier molecular flexibility index (Phi) is 4.63. The third-order valence-corrected chi connectivity index (χ3v) is 3.88. The molecule has 0 saturated heterocycles. The molecule has 1 aromatic heterocycles. The molecular weight excluding hydrogens is 270 g/mol. The number of carbonyl (C=O) groups is 1. The number of nitrogens with two attached hydrogens (primary N) is 1. The van der Waals surface area contributed by atoms with Crippen LogP contribution in [0.25, 0.3) is 0 Å². The number of hydrogen-bond donors (Lipinski definition) is 2. The highest BCUT2D eigenvalue weighted by Gasteiger charge is 2.13. The molecule has 5 heteroatoms. The first-order chi connectivity index (χ1) is 9.58. The molecule has 0 bridgehead atoms. The number of nitrogens with zero attached hydrogens (tertiary/aromatic N) is 1. The highest BCUT2D eigenvalue weighted by Crippen LogP contribution is 2.21. The van der Waals surface area contributed by atoms with Crippen molar-refractivity contribution in [2.75, 3.05) is 31.7 Å². The lowest BCUT2D eigenvalue weighted by molar-refractivity contribution is 0.0828. The molecule has 1 heterocycles. The number of hydrogen-bond acceptors (Lipinski definition) is 4. The Hall–Kier alpha value is -2.01. The molecule has 0 unspecified atom stereocenters. The van der Waals surface area contributed by atoms with Crippen LogP contribution >= 0.6 is 11.3 Å². The van der Waals surface area contributed by atoms with Crippen LogP contribution in [0.1, 0.15) is 15.2 Å². The predicted molar refractivity (Wildman–Crippen MR) is 85.4 cm³/mol. The van der Waals surface area contributed by atoms with E-state index < -0.39 is 0 Å². The van der Waals surface area contributed by atoms with E-state index in [4.69, 9.17) is 5.73 Å². The Balaban J connectivity index is 2.09. The average Bonchev–Trinajstić information content (AvgIpc) is 2.91. The molecule has 106 valence electrons. The highest BCUT2D eigenvalue weighted by atomic mass is 32.1. The van der Waals surface area contributed by atoms with Crippen molar-refractivity contribution < 1.29 is 4.79 Å². The molecule has 4 nitrogen and oxygen atoms in total. The lowest BCUT2D eigenvalue weighted by Gasteiger charge is -2.15. The maximum atomic E-state index is 12.1. The summed E-state index contributed by atoms with van der Waals surface area (Å²) in [5.74, 6) is -0.0244. The van der Waals surface area contributed by atoms with Gasteiger partial charge in [0.25, 0.3) is 5.91 Å². The largest absolute Gasteiger partial charge is 0.399 e. The van der Waals surface area contributed by atoms with Crippen molar-refractivity contribution in [3.8, 4) is 0 Å². The van der Waals surface area contributed by atoms with E-state index in [-0.39, 0.29) is 5.91 Å². The number of nitrogens with one attached hydrogen (secondary N) is 1. The lowest BCUT2D eigenvalue weighted by atomic mass is 10.1. The van der Waals surface area contributed by atoms with E-state index in [0.29, 0.717) is 11.3 Å². The van der Waals surface area contributed by atoms with Crippen LogP contribution in [0.4, 0.5) is 11.4 Å². The van der Waals surface area contributed by atoms with E-state index in [9.17, 15) is 4.79 Å². The molecule has 0 aliphatic rings. The van der Waals surface area contributed by atoms with Crippen LogP contribution in [0.2, 0.25) is 0 Å². The smallest absolute Gasteiger partial charge is 0.255 e. The van der Waals surface area contributed by atoms with E-state index in [1.54, 1.807) is 42.5 Å². The maximum Gasteiger partial charge on any atom is 0.255 e. The van der Waals surface area contributed by atoms with Gasteiger partial charge in [-0.15, -0.1) is 11.3 Å². The van der Waals surface area contributed by atoms with E-state index >= 15 is 0 Å². The molecule has 20 heavy (non-hydrogen) atoms. The van der Waals surface area contributed by atoms with Gasteiger partial charge < -0.3 is 16.0 Å². The molecule has 0 atom stereocenters. The van der Waals surface area contributed by atoms with Crippen LogP contribution in [0.5, 0.6) is 0 Å². The minimum Gasteiger partial charge on any atom is -0.399 e. The van der Waals surface area contributed by atoms with E-state index in [1.807, 2.05) is 12.1 Å². The van der Waals surface area contributed by atoms with Crippen LogP contribution in [-0.4, -0.2) is 31.4 Å². The third kappa shape index (κ3) is 3.51. The molecule has 1 aromatic carbocycles. The Bertz CT molecular complexity index is 579. The van der Waals surface area contributed by atoms with E-state index in [1.165, 1.54) is 4.88 Å². The van der Waals surface area contributed by atoms with Crippen molar-refractivity contribution in [3.05, 3.63) is 46.2 Å². The first-order valence-electron chi connectivity index (χ1n) is 6.45. The Morgan fingerprint density at radius 3 is 2.80 bits per heavy atom. The van der Waals surface area contributed by atoms with Crippen LogP contribution < -0.4 is 11.1 Å². The summed E-state index contributed by atoms with van der Waals surface area (Å²) in [5, 5.41) is 5.37. The third-order valence-electron chi connectivity index (χ3n) is 2.95. The lowest BCUT2D eigenvalue weighted by Crippen LogP contribution is -2.23. The summed E-state index contributed by atoms with van der Waals surface area (Å²) in [6, 6.07) is 9.48. The number of anilines is 2. The van der Waals surface area contributed by atoms with E-state index in [2.05, 4.69) is 16.8 Å². The fourth-order valence-corrected chi connectivity index (χ4v) is 2.62. The SMILES string of the molecule is CN(C)C(=O)c1ccc(N)cc1NCCc1cccs1. The van der Waals surface area contributed by atoms with Crippen molar-refractivity contribution in [1.82, 2.24) is 4.90 Å². The van der Waals surface area contributed by atoms with Gasteiger partial charge in [-0.1, -0.05) is 6.07 Å². The van der Waals surface area contributed by atoms with Crippen molar-refractivity contribution in [2.45, 2.75) is 6.42 Å². The summed E-state index contributed by atoms with van der Waals surface area (Å²) < 4.78 is 0. The molecule has 0 spiro atoms. The molecule has 0 saturated carbocycles. The number of amides is 1. The fourth-order valence-electron chi connectivity index (χ4n) is 1.91. The first-order valence-corrected chi connectivity index (χ1v) is 7.33. The molecule has 1 amide bonds. The summed E-state index contributed by atoms with van der Waals surface area (Å²) in [7, 11) is 3.49. The average molecular weight is 289 g/mol. The zero-order chi connectivity index (χ0) is 14.5. The summed E-state index contributed by atoms with van der Waals surface area (Å²) in [6.45, 7) is 0.775.